The van der Waals surface area contributed by atoms with E-state index in [1.807, 2.05) is 18.2 Å². The Balaban J connectivity index is 1.87. The fraction of sp³-hybridized carbons (Fsp3) is 0.471. The molecule has 1 aliphatic heterocycles. The molecular formula is C17H22N6O3. The highest BCUT2D eigenvalue weighted by Gasteiger charge is 2.30. The molecule has 26 heavy (non-hydrogen) atoms. The molecule has 1 fully saturated rings. The third kappa shape index (κ3) is 3.98. The molecule has 1 aliphatic rings. The van der Waals surface area contributed by atoms with Crippen LogP contribution in [0.25, 0.3) is 0 Å². The van der Waals surface area contributed by atoms with E-state index in [2.05, 4.69) is 25.2 Å². The van der Waals surface area contributed by atoms with E-state index in [1.54, 1.807) is 0 Å². The van der Waals surface area contributed by atoms with Crippen molar-refractivity contribution in [2.24, 2.45) is 0 Å². The summed E-state index contributed by atoms with van der Waals surface area (Å²) in [7, 11) is 3.01. The molecule has 3 heterocycles. The first kappa shape index (κ1) is 17.8. The molecule has 0 unspecified atom stereocenters. The molecule has 0 aliphatic carbocycles. The zero-order valence-corrected chi connectivity index (χ0v) is 15.1. The summed E-state index contributed by atoms with van der Waals surface area (Å²) in [5.74, 6) is 0.425. The Morgan fingerprint density at radius 1 is 1.19 bits per heavy atom. The largest absolute Gasteiger partial charge is 0.467 e. The number of rotatable bonds is 6. The number of amides is 1. The Bertz CT molecular complexity index is 763. The molecule has 138 valence electrons. The molecule has 0 spiro atoms. The first-order chi connectivity index (χ1) is 12.6. The summed E-state index contributed by atoms with van der Waals surface area (Å²) in [6, 6.07) is 6.30. The highest BCUT2D eigenvalue weighted by atomic mass is 16.5. The fourth-order valence-corrected chi connectivity index (χ4v) is 2.95. The molecule has 1 N–H and O–H groups in total. The molecule has 9 heteroatoms. The van der Waals surface area contributed by atoms with E-state index >= 15 is 0 Å². The van der Waals surface area contributed by atoms with Crippen molar-refractivity contribution in [3.8, 4) is 12.0 Å². The number of hydrogen-bond donors (Lipinski definition) is 1. The predicted molar refractivity (Wildman–Crippen MR) is 94.0 cm³/mol. The van der Waals surface area contributed by atoms with Crippen molar-refractivity contribution in [1.82, 2.24) is 25.3 Å². The van der Waals surface area contributed by atoms with E-state index in [0.29, 0.717) is 12.5 Å². The standard InChI is InChI=1S/C17H22N6O3/c1-11(24)18-10-12-6-4-7-13(19-12)14-8-5-9-23(14)15-20-16(25-2)22-17(21-15)26-3/h4,6-7,14H,5,8-10H2,1-3H3,(H,18,24)/t14-/m1/s1. The fourth-order valence-electron chi connectivity index (χ4n) is 2.95. The molecule has 0 bridgehead atoms. The molecule has 3 rings (SSSR count). The van der Waals surface area contributed by atoms with Crippen LogP contribution in [0.2, 0.25) is 0 Å². The molecular weight excluding hydrogens is 336 g/mol. The van der Waals surface area contributed by atoms with Gasteiger partial charge in [0.15, 0.2) is 0 Å². The summed E-state index contributed by atoms with van der Waals surface area (Å²) in [5, 5.41) is 2.77. The lowest BCUT2D eigenvalue weighted by atomic mass is 10.1. The van der Waals surface area contributed by atoms with Crippen LogP contribution in [0, 0.1) is 0 Å². The second-order valence-corrected chi connectivity index (χ2v) is 5.92. The van der Waals surface area contributed by atoms with Gasteiger partial charge >= 0.3 is 12.0 Å². The molecule has 0 aromatic carbocycles. The molecule has 1 amide bonds. The quantitative estimate of drug-likeness (QED) is 0.823. The van der Waals surface area contributed by atoms with Crippen molar-refractivity contribution in [2.75, 3.05) is 25.7 Å². The Morgan fingerprint density at radius 2 is 1.92 bits per heavy atom. The van der Waals surface area contributed by atoms with E-state index in [-0.39, 0.29) is 24.0 Å². The second-order valence-electron chi connectivity index (χ2n) is 5.92. The maximum atomic E-state index is 11.1. The normalized spacial score (nSPS) is 16.4. The minimum absolute atomic E-state index is 0.0455. The lowest BCUT2D eigenvalue weighted by Crippen LogP contribution is -2.26. The topological polar surface area (TPSA) is 102 Å². The van der Waals surface area contributed by atoms with Crippen molar-refractivity contribution >= 4 is 11.9 Å². The van der Waals surface area contributed by atoms with Gasteiger partial charge in [-0.05, 0) is 25.0 Å². The molecule has 9 nitrogen and oxygen atoms in total. The second kappa shape index (κ2) is 7.94. The third-order valence-corrected chi connectivity index (χ3v) is 4.15. The molecule has 1 atom stereocenters. The Labute approximate surface area is 151 Å². The third-order valence-electron chi connectivity index (χ3n) is 4.15. The van der Waals surface area contributed by atoms with Crippen LogP contribution in [0.3, 0.4) is 0 Å². The van der Waals surface area contributed by atoms with Gasteiger partial charge in [0.2, 0.25) is 11.9 Å². The van der Waals surface area contributed by atoms with Crippen molar-refractivity contribution in [1.29, 1.82) is 0 Å². The van der Waals surface area contributed by atoms with Crippen molar-refractivity contribution in [3.05, 3.63) is 29.6 Å². The highest BCUT2D eigenvalue weighted by Crippen LogP contribution is 2.34. The monoisotopic (exact) mass is 358 g/mol. The van der Waals surface area contributed by atoms with E-state index in [4.69, 9.17) is 14.5 Å². The van der Waals surface area contributed by atoms with Gasteiger partial charge in [0.25, 0.3) is 0 Å². The van der Waals surface area contributed by atoms with Crippen molar-refractivity contribution < 1.29 is 14.3 Å². The first-order valence-electron chi connectivity index (χ1n) is 8.41. The molecule has 1 saturated heterocycles. The van der Waals surface area contributed by atoms with Crippen molar-refractivity contribution in [2.45, 2.75) is 32.4 Å². The number of carbonyl (C=O) groups is 1. The van der Waals surface area contributed by atoms with Crippen LogP contribution in [0.5, 0.6) is 12.0 Å². The van der Waals surface area contributed by atoms with E-state index < -0.39 is 0 Å². The zero-order valence-electron chi connectivity index (χ0n) is 15.1. The molecule has 0 radical (unpaired) electrons. The molecule has 2 aromatic heterocycles. The van der Waals surface area contributed by atoms with Crippen LogP contribution >= 0.6 is 0 Å². The average molecular weight is 358 g/mol. The minimum atomic E-state index is -0.0796. The van der Waals surface area contributed by atoms with Crippen LogP contribution < -0.4 is 19.7 Å². The lowest BCUT2D eigenvalue weighted by molar-refractivity contribution is -0.119. The maximum Gasteiger partial charge on any atom is 0.324 e. The van der Waals surface area contributed by atoms with Gasteiger partial charge in [-0.1, -0.05) is 6.07 Å². The van der Waals surface area contributed by atoms with Crippen molar-refractivity contribution in [3.63, 3.8) is 0 Å². The number of hydrogen-bond acceptors (Lipinski definition) is 8. The summed E-state index contributed by atoms with van der Waals surface area (Å²) in [6.45, 7) is 2.70. The van der Waals surface area contributed by atoms with Gasteiger partial charge < -0.3 is 19.7 Å². The number of pyridine rings is 1. The van der Waals surface area contributed by atoms with Gasteiger partial charge in [-0.3, -0.25) is 9.78 Å². The van der Waals surface area contributed by atoms with Crippen LogP contribution in [0.15, 0.2) is 18.2 Å². The Morgan fingerprint density at radius 3 is 2.58 bits per heavy atom. The summed E-state index contributed by atoms with van der Waals surface area (Å²) < 4.78 is 10.3. The number of nitrogens with zero attached hydrogens (tertiary/aromatic N) is 5. The smallest absolute Gasteiger partial charge is 0.324 e. The Kier molecular flexibility index (Phi) is 5.45. The molecule has 0 saturated carbocycles. The van der Waals surface area contributed by atoms with E-state index in [0.717, 1.165) is 30.8 Å². The van der Waals surface area contributed by atoms with Crippen LogP contribution in [-0.2, 0) is 11.3 Å². The predicted octanol–water partition coefficient (Wildman–Crippen LogP) is 1.26. The number of nitrogens with one attached hydrogen (secondary N) is 1. The number of anilines is 1. The first-order valence-corrected chi connectivity index (χ1v) is 8.41. The van der Waals surface area contributed by atoms with Crippen LogP contribution in [-0.4, -0.2) is 46.6 Å². The summed E-state index contributed by atoms with van der Waals surface area (Å²) in [6.07, 6.45) is 1.94. The van der Waals surface area contributed by atoms with Gasteiger partial charge in [-0.15, -0.1) is 4.98 Å². The number of carbonyl (C=O) groups excluding carboxylic acids is 1. The SMILES string of the molecule is COc1nc(OC)nc(N2CCC[C@@H]2c2cccc(CNC(C)=O)n2)n1. The van der Waals surface area contributed by atoms with Gasteiger partial charge in [-0.2, -0.15) is 9.97 Å². The van der Waals surface area contributed by atoms with Gasteiger partial charge in [0, 0.05) is 13.5 Å². The minimum Gasteiger partial charge on any atom is -0.467 e. The Hall–Kier alpha value is -2.97. The number of methoxy groups -OCH3 is 2. The van der Waals surface area contributed by atoms with Gasteiger partial charge in [0.05, 0.1) is 38.2 Å². The lowest BCUT2D eigenvalue weighted by Gasteiger charge is -2.24. The summed E-state index contributed by atoms with van der Waals surface area (Å²) in [5.41, 5.74) is 1.74. The van der Waals surface area contributed by atoms with Crippen LogP contribution in [0.1, 0.15) is 37.2 Å². The highest BCUT2D eigenvalue weighted by molar-refractivity contribution is 5.72. The average Bonchev–Trinajstić information content (AvgIpc) is 3.16. The van der Waals surface area contributed by atoms with E-state index in [9.17, 15) is 4.79 Å². The number of aromatic nitrogens is 4. The van der Waals surface area contributed by atoms with Crippen LogP contribution in [0.4, 0.5) is 5.95 Å². The summed E-state index contributed by atoms with van der Waals surface area (Å²) in [4.78, 5) is 30.7. The zero-order chi connectivity index (χ0) is 18.5. The maximum absolute atomic E-state index is 11.1. The van der Waals surface area contributed by atoms with Gasteiger partial charge in [-0.25, -0.2) is 0 Å². The summed E-state index contributed by atoms with van der Waals surface area (Å²) >= 11 is 0. The van der Waals surface area contributed by atoms with Gasteiger partial charge in [0.1, 0.15) is 0 Å². The number of ether oxygens (including phenoxy) is 2. The molecule has 2 aromatic rings. The van der Waals surface area contributed by atoms with E-state index in [1.165, 1.54) is 21.1 Å².